The number of rotatable bonds is 14. The van der Waals surface area contributed by atoms with Gasteiger partial charge in [-0.3, -0.25) is 19.2 Å². The minimum Gasteiger partial charge on any atom is -0.463 e. The van der Waals surface area contributed by atoms with Gasteiger partial charge in [-0.05, 0) is 26.7 Å². The number of nitrogens with one attached hydrogen (secondary N) is 4. The lowest BCUT2D eigenvalue weighted by molar-refractivity contribution is -0.151. The summed E-state index contributed by atoms with van der Waals surface area (Å²) in [6, 6.07) is -3.35. The molecule has 12 heteroatoms. The highest BCUT2D eigenvalue weighted by Crippen LogP contribution is 2.08. The largest absolute Gasteiger partial charge is 0.463 e. The molecule has 0 bridgehead atoms. The molecule has 0 aromatic rings. The fourth-order valence-electron chi connectivity index (χ4n) is 2.58. The molecule has 0 fully saturated rings. The highest BCUT2D eigenvalue weighted by Gasteiger charge is 2.32. The quantitative estimate of drug-likeness (QED) is 0.0952. The van der Waals surface area contributed by atoms with Crippen LogP contribution < -0.4 is 21.5 Å². The van der Waals surface area contributed by atoms with E-state index in [0.717, 1.165) is 7.11 Å². The summed E-state index contributed by atoms with van der Waals surface area (Å²) in [6.45, 7) is 7.03. The zero-order valence-electron chi connectivity index (χ0n) is 18.7. The van der Waals surface area contributed by atoms with Crippen LogP contribution in [0.25, 0.3) is 0 Å². The van der Waals surface area contributed by atoms with Crippen molar-refractivity contribution in [2.24, 2.45) is 5.92 Å². The number of ketones is 2. The lowest BCUT2D eigenvalue weighted by Crippen LogP contribution is -2.63. The SMILES string of the molecule is CC[C@H](C)C(NN[C@H](C(=O)N[C@H](C(=O)NCC(=O)C(=O)OC)[C@@H](C)O)[C@@H](C)O)C(C)=O. The van der Waals surface area contributed by atoms with E-state index in [0.29, 0.717) is 6.42 Å². The van der Waals surface area contributed by atoms with Crippen molar-refractivity contribution < 1.29 is 38.9 Å². The van der Waals surface area contributed by atoms with Crippen LogP contribution in [0.4, 0.5) is 0 Å². The molecule has 2 amide bonds. The number of ether oxygens (including phenoxy) is 1. The number of carbonyl (C=O) groups is 5. The number of methoxy groups -OCH3 is 1. The van der Waals surface area contributed by atoms with E-state index in [1.54, 1.807) is 0 Å². The molecule has 1 unspecified atom stereocenters. The molecular weight excluding hydrogens is 412 g/mol. The number of carbonyl (C=O) groups excluding carboxylic acids is 5. The van der Waals surface area contributed by atoms with Gasteiger partial charge in [-0.2, -0.15) is 0 Å². The van der Waals surface area contributed by atoms with Gasteiger partial charge >= 0.3 is 5.97 Å². The Morgan fingerprint density at radius 3 is 1.81 bits per heavy atom. The Hall–Kier alpha value is -2.41. The van der Waals surface area contributed by atoms with E-state index in [9.17, 15) is 34.2 Å². The number of esters is 1. The summed E-state index contributed by atoms with van der Waals surface area (Å²) >= 11 is 0. The highest BCUT2D eigenvalue weighted by molar-refractivity contribution is 6.34. The fourth-order valence-corrected chi connectivity index (χ4v) is 2.58. The second kappa shape index (κ2) is 13.8. The van der Waals surface area contributed by atoms with Crippen LogP contribution in [-0.4, -0.2) is 83.6 Å². The maximum atomic E-state index is 12.6. The van der Waals surface area contributed by atoms with Crippen LogP contribution in [0, 0.1) is 5.92 Å². The second-order valence-corrected chi connectivity index (χ2v) is 7.34. The Kier molecular flexibility index (Phi) is 12.7. The monoisotopic (exact) mass is 446 g/mol. The number of Topliss-reactive ketones (excluding diaryl/α,β-unsaturated/α-hetero) is 2. The zero-order valence-corrected chi connectivity index (χ0v) is 18.7. The fraction of sp³-hybridized carbons (Fsp3) is 0.737. The number of aliphatic hydroxyl groups is 2. The topological polar surface area (TPSA) is 183 Å². The normalized spacial score (nSPS) is 16.8. The maximum Gasteiger partial charge on any atom is 0.376 e. The van der Waals surface area contributed by atoms with Gasteiger partial charge in [0, 0.05) is 0 Å². The summed E-state index contributed by atoms with van der Waals surface area (Å²) < 4.78 is 4.24. The van der Waals surface area contributed by atoms with Crippen LogP contribution in [0.2, 0.25) is 0 Å². The van der Waals surface area contributed by atoms with Crippen molar-refractivity contribution >= 4 is 29.4 Å². The Bertz CT molecular complexity index is 653. The summed E-state index contributed by atoms with van der Waals surface area (Å²) in [5, 5.41) is 24.3. The Morgan fingerprint density at radius 1 is 0.871 bits per heavy atom. The third kappa shape index (κ3) is 9.51. The van der Waals surface area contributed by atoms with Gasteiger partial charge in [0.2, 0.25) is 11.8 Å². The van der Waals surface area contributed by atoms with Gasteiger partial charge in [0.05, 0.1) is 31.9 Å². The van der Waals surface area contributed by atoms with E-state index >= 15 is 0 Å². The minimum absolute atomic E-state index is 0.0500. The van der Waals surface area contributed by atoms with Crippen LogP contribution in [0.15, 0.2) is 0 Å². The van der Waals surface area contributed by atoms with Crippen LogP contribution in [0.5, 0.6) is 0 Å². The summed E-state index contributed by atoms with van der Waals surface area (Å²) in [7, 11) is 1.01. The van der Waals surface area contributed by atoms with Crippen molar-refractivity contribution in [1.82, 2.24) is 21.5 Å². The lowest BCUT2D eigenvalue weighted by Gasteiger charge is -2.29. The molecule has 0 saturated carbocycles. The standard InChI is InChI=1S/C19H34N4O8/c1-7-9(2)14(10(3)24)22-23-16(12(5)26)18(29)21-15(11(4)25)17(28)20-8-13(27)19(30)31-6/h9,11-12,14-16,22-23,25-26H,7-8H2,1-6H3,(H,20,28)(H,21,29)/t9-,11+,12+,14?,15-,16-/m0/s1. The van der Waals surface area contributed by atoms with Crippen LogP contribution in [-0.2, 0) is 28.7 Å². The van der Waals surface area contributed by atoms with Crippen molar-refractivity contribution in [2.75, 3.05) is 13.7 Å². The van der Waals surface area contributed by atoms with E-state index < -0.39 is 60.4 Å². The molecule has 0 spiro atoms. The van der Waals surface area contributed by atoms with E-state index in [1.807, 2.05) is 13.8 Å². The summed E-state index contributed by atoms with van der Waals surface area (Å²) in [4.78, 5) is 59.3. The van der Waals surface area contributed by atoms with E-state index in [1.165, 1.54) is 20.8 Å². The van der Waals surface area contributed by atoms with Gasteiger partial charge in [-0.15, -0.1) is 0 Å². The molecule has 0 aromatic carbocycles. The number of aliphatic hydroxyl groups excluding tert-OH is 2. The number of amides is 2. The number of hydrazine groups is 1. The maximum absolute atomic E-state index is 12.6. The smallest absolute Gasteiger partial charge is 0.376 e. The third-order valence-electron chi connectivity index (χ3n) is 4.71. The zero-order chi connectivity index (χ0) is 24.3. The summed E-state index contributed by atoms with van der Waals surface area (Å²) in [5.74, 6) is -4.13. The molecule has 0 aromatic heterocycles. The van der Waals surface area contributed by atoms with Gasteiger partial charge in [0.15, 0.2) is 0 Å². The molecule has 6 N–H and O–H groups in total. The first-order valence-corrected chi connectivity index (χ1v) is 9.94. The second-order valence-electron chi connectivity index (χ2n) is 7.34. The average Bonchev–Trinajstić information content (AvgIpc) is 2.70. The average molecular weight is 447 g/mol. The molecular formula is C19H34N4O8. The first-order chi connectivity index (χ1) is 14.4. The minimum atomic E-state index is -1.47. The summed E-state index contributed by atoms with van der Waals surface area (Å²) in [6.07, 6.45) is -1.89. The molecule has 0 heterocycles. The molecule has 0 rings (SSSR count). The molecule has 12 nitrogen and oxygen atoms in total. The third-order valence-corrected chi connectivity index (χ3v) is 4.71. The number of hydrogen-bond donors (Lipinski definition) is 6. The van der Waals surface area contributed by atoms with Gasteiger partial charge in [-0.1, -0.05) is 20.3 Å². The summed E-state index contributed by atoms with van der Waals surface area (Å²) in [5.41, 5.74) is 5.35. The molecule has 31 heavy (non-hydrogen) atoms. The molecule has 0 aliphatic rings. The predicted molar refractivity (Wildman–Crippen MR) is 109 cm³/mol. The lowest BCUT2D eigenvalue weighted by atomic mass is 9.97. The van der Waals surface area contributed by atoms with Crippen LogP contribution in [0.3, 0.4) is 0 Å². The molecule has 0 aliphatic carbocycles. The van der Waals surface area contributed by atoms with Crippen molar-refractivity contribution in [1.29, 1.82) is 0 Å². The first-order valence-electron chi connectivity index (χ1n) is 9.94. The Labute approximate surface area is 181 Å². The first kappa shape index (κ1) is 28.6. The van der Waals surface area contributed by atoms with E-state index in [-0.39, 0.29) is 11.7 Å². The molecule has 0 saturated heterocycles. The van der Waals surface area contributed by atoms with Crippen molar-refractivity contribution in [2.45, 2.75) is 71.4 Å². The predicted octanol–water partition coefficient (Wildman–Crippen LogP) is -2.44. The van der Waals surface area contributed by atoms with Crippen LogP contribution in [0.1, 0.15) is 41.0 Å². The van der Waals surface area contributed by atoms with Gasteiger partial charge < -0.3 is 25.6 Å². The van der Waals surface area contributed by atoms with Gasteiger partial charge in [0.25, 0.3) is 5.78 Å². The molecule has 0 radical (unpaired) electrons. The van der Waals surface area contributed by atoms with Crippen molar-refractivity contribution in [3.05, 3.63) is 0 Å². The van der Waals surface area contributed by atoms with Gasteiger partial charge in [-0.25, -0.2) is 15.6 Å². The molecule has 6 atom stereocenters. The Morgan fingerprint density at radius 2 is 1.39 bits per heavy atom. The number of hydrogen-bond acceptors (Lipinski definition) is 10. The highest BCUT2D eigenvalue weighted by atomic mass is 16.5. The van der Waals surface area contributed by atoms with Gasteiger partial charge in [0.1, 0.15) is 17.9 Å². The van der Waals surface area contributed by atoms with Crippen molar-refractivity contribution in [3.8, 4) is 0 Å². The van der Waals surface area contributed by atoms with Crippen LogP contribution >= 0.6 is 0 Å². The van der Waals surface area contributed by atoms with Crippen molar-refractivity contribution in [3.63, 3.8) is 0 Å². The molecule has 0 aliphatic heterocycles. The van der Waals surface area contributed by atoms with E-state index in [4.69, 9.17) is 0 Å². The Balaban J connectivity index is 5.18. The molecule has 178 valence electrons. The van der Waals surface area contributed by atoms with E-state index in [2.05, 4.69) is 26.2 Å².